The quantitative estimate of drug-likeness (QED) is 0.898. The first-order valence-electron chi connectivity index (χ1n) is 7.65. The van der Waals surface area contributed by atoms with Crippen molar-refractivity contribution in [3.8, 4) is 0 Å². The third-order valence-electron chi connectivity index (χ3n) is 4.28. The highest BCUT2D eigenvalue weighted by Crippen LogP contribution is 2.36. The van der Waals surface area contributed by atoms with Gasteiger partial charge in [0.05, 0.1) is 6.61 Å². The molecule has 0 spiro atoms. The average molecular weight is 332 g/mol. The molecule has 0 aromatic heterocycles. The zero-order chi connectivity index (χ0) is 17.0. The Bertz CT molecular complexity index is 515. The van der Waals surface area contributed by atoms with E-state index in [0.717, 1.165) is 38.4 Å². The normalized spacial score (nSPS) is 18.3. The van der Waals surface area contributed by atoms with Crippen LogP contribution in [0.3, 0.4) is 0 Å². The summed E-state index contributed by atoms with van der Waals surface area (Å²) in [6.07, 6.45) is -7.09. The van der Waals surface area contributed by atoms with E-state index in [0.29, 0.717) is 12.2 Å². The van der Waals surface area contributed by atoms with Crippen molar-refractivity contribution in [2.75, 3.05) is 51.3 Å². The average Bonchev–Trinajstić information content (AvgIpc) is 2.52. The van der Waals surface area contributed by atoms with Gasteiger partial charge in [-0.2, -0.15) is 13.2 Å². The Morgan fingerprint density at radius 3 is 2.43 bits per heavy atom. The van der Waals surface area contributed by atoms with Crippen LogP contribution in [0.2, 0.25) is 0 Å². The first kappa shape index (κ1) is 18.0. The van der Waals surface area contributed by atoms with E-state index in [1.54, 1.807) is 20.1 Å². The molecule has 2 rings (SSSR count). The fourth-order valence-corrected chi connectivity index (χ4v) is 2.89. The Morgan fingerprint density at radius 1 is 1.22 bits per heavy atom. The number of aliphatic hydroxyl groups is 1. The molecule has 1 heterocycles. The van der Waals surface area contributed by atoms with E-state index in [2.05, 4.69) is 9.80 Å². The standard InChI is InChI=1S/C16H23F3N2O2/c1-12-13(15(22)16(17,18)19)4-3-5-14(12)21-8-6-20(7-9-21)10-11-23-2/h3-5,15,22H,6-11H2,1-2H3. The van der Waals surface area contributed by atoms with E-state index in [1.165, 1.54) is 6.07 Å². The van der Waals surface area contributed by atoms with Crippen LogP contribution in [0.25, 0.3) is 0 Å². The van der Waals surface area contributed by atoms with E-state index in [1.807, 2.05) is 6.07 Å². The molecule has 0 radical (unpaired) electrons. The second kappa shape index (κ2) is 7.51. The molecule has 1 fully saturated rings. The number of nitrogens with zero attached hydrogens (tertiary/aromatic N) is 2. The molecule has 1 aromatic carbocycles. The lowest BCUT2D eigenvalue weighted by Gasteiger charge is -2.37. The molecule has 4 nitrogen and oxygen atoms in total. The first-order valence-corrected chi connectivity index (χ1v) is 7.65. The van der Waals surface area contributed by atoms with Crippen LogP contribution in [-0.4, -0.2) is 62.6 Å². The Hall–Kier alpha value is -1.31. The van der Waals surface area contributed by atoms with Crippen LogP contribution in [0.5, 0.6) is 0 Å². The van der Waals surface area contributed by atoms with Crippen molar-refractivity contribution >= 4 is 5.69 Å². The molecular formula is C16H23F3N2O2. The number of ether oxygens (including phenoxy) is 1. The second-order valence-corrected chi connectivity index (χ2v) is 5.76. The smallest absolute Gasteiger partial charge is 0.383 e. The summed E-state index contributed by atoms with van der Waals surface area (Å²) >= 11 is 0. The number of aliphatic hydroxyl groups excluding tert-OH is 1. The summed E-state index contributed by atoms with van der Waals surface area (Å²) in [7, 11) is 1.66. The molecule has 130 valence electrons. The molecule has 1 N–H and O–H groups in total. The third-order valence-corrected chi connectivity index (χ3v) is 4.28. The zero-order valence-electron chi connectivity index (χ0n) is 13.4. The lowest BCUT2D eigenvalue weighted by Crippen LogP contribution is -2.47. The SMILES string of the molecule is COCCN1CCN(c2cccc(C(O)C(F)(F)F)c2C)CC1. The summed E-state index contributed by atoms with van der Waals surface area (Å²) in [4.78, 5) is 4.34. The number of hydrogen-bond donors (Lipinski definition) is 1. The maximum atomic E-state index is 12.8. The van der Waals surface area contributed by atoms with E-state index < -0.39 is 12.3 Å². The van der Waals surface area contributed by atoms with Crippen LogP contribution in [0.15, 0.2) is 18.2 Å². The van der Waals surface area contributed by atoms with E-state index >= 15 is 0 Å². The summed E-state index contributed by atoms with van der Waals surface area (Å²) in [5.74, 6) is 0. The number of benzene rings is 1. The van der Waals surface area contributed by atoms with Crippen LogP contribution < -0.4 is 4.90 Å². The lowest BCUT2D eigenvalue weighted by molar-refractivity contribution is -0.206. The Balaban J connectivity index is 2.10. The highest BCUT2D eigenvalue weighted by Gasteiger charge is 2.40. The molecule has 1 aliphatic heterocycles. The molecule has 1 atom stereocenters. The summed E-state index contributed by atoms with van der Waals surface area (Å²) < 4.78 is 43.4. The molecule has 1 unspecified atom stereocenters. The molecule has 0 aliphatic carbocycles. The molecule has 1 aromatic rings. The fraction of sp³-hybridized carbons (Fsp3) is 0.625. The van der Waals surface area contributed by atoms with Crippen molar-refractivity contribution in [3.63, 3.8) is 0 Å². The van der Waals surface area contributed by atoms with Crippen molar-refractivity contribution in [2.24, 2.45) is 0 Å². The van der Waals surface area contributed by atoms with E-state index in [4.69, 9.17) is 4.74 Å². The van der Waals surface area contributed by atoms with Crippen molar-refractivity contribution < 1.29 is 23.0 Å². The van der Waals surface area contributed by atoms with Crippen LogP contribution in [0, 0.1) is 6.92 Å². The number of anilines is 1. The van der Waals surface area contributed by atoms with Gasteiger partial charge >= 0.3 is 6.18 Å². The van der Waals surface area contributed by atoms with Crippen molar-refractivity contribution in [3.05, 3.63) is 29.3 Å². The molecule has 7 heteroatoms. The largest absolute Gasteiger partial charge is 0.418 e. The van der Waals surface area contributed by atoms with E-state index in [9.17, 15) is 18.3 Å². The molecule has 0 bridgehead atoms. The Morgan fingerprint density at radius 2 is 1.87 bits per heavy atom. The van der Waals surface area contributed by atoms with Crippen molar-refractivity contribution in [2.45, 2.75) is 19.2 Å². The van der Waals surface area contributed by atoms with Crippen LogP contribution >= 0.6 is 0 Å². The van der Waals surface area contributed by atoms with Crippen LogP contribution in [0.4, 0.5) is 18.9 Å². The number of methoxy groups -OCH3 is 1. The van der Waals surface area contributed by atoms with Crippen molar-refractivity contribution in [1.29, 1.82) is 0 Å². The van der Waals surface area contributed by atoms with Gasteiger partial charge in [-0.15, -0.1) is 0 Å². The van der Waals surface area contributed by atoms with Crippen LogP contribution in [0.1, 0.15) is 17.2 Å². The summed E-state index contributed by atoms with van der Waals surface area (Å²) in [6, 6.07) is 4.72. The molecule has 1 aliphatic rings. The molecule has 23 heavy (non-hydrogen) atoms. The van der Waals surface area contributed by atoms with Gasteiger partial charge in [0.2, 0.25) is 0 Å². The summed E-state index contributed by atoms with van der Waals surface area (Å²) in [5, 5.41) is 9.53. The topological polar surface area (TPSA) is 35.9 Å². The fourth-order valence-electron chi connectivity index (χ4n) is 2.89. The molecule has 0 amide bonds. The number of hydrogen-bond acceptors (Lipinski definition) is 4. The van der Waals surface area contributed by atoms with Gasteiger partial charge < -0.3 is 14.7 Å². The Kier molecular flexibility index (Phi) is 5.89. The number of alkyl halides is 3. The first-order chi connectivity index (χ1) is 10.8. The minimum atomic E-state index is -4.65. The van der Waals surface area contributed by atoms with E-state index in [-0.39, 0.29) is 5.56 Å². The van der Waals surface area contributed by atoms with Gasteiger partial charge in [0.25, 0.3) is 0 Å². The summed E-state index contributed by atoms with van der Waals surface area (Å²) in [5.41, 5.74) is 1.18. The number of piperazine rings is 1. The zero-order valence-corrected chi connectivity index (χ0v) is 13.4. The molecule has 1 saturated heterocycles. The van der Waals surface area contributed by atoms with Gasteiger partial charge in [-0.3, -0.25) is 4.90 Å². The predicted octanol–water partition coefficient (Wildman–Crippen LogP) is 2.36. The third kappa shape index (κ3) is 4.37. The maximum absolute atomic E-state index is 12.8. The van der Waals surface area contributed by atoms with Gasteiger partial charge in [-0.1, -0.05) is 12.1 Å². The maximum Gasteiger partial charge on any atom is 0.418 e. The predicted molar refractivity (Wildman–Crippen MR) is 82.7 cm³/mol. The summed E-state index contributed by atoms with van der Waals surface area (Å²) in [6.45, 7) is 6.34. The van der Waals surface area contributed by atoms with Gasteiger partial charge in [0.15, 0.2) is 6.10 Å². The van der Waals surface area contributed by atoms with Gasteiger partial charge in [-0.25, -0.2) is 0 Å². The highest BCUT2D eigenvalue weighted by atomic mass is 19.4. The van der Waals surface area contributed by atoms with Gasteiger partial charge in [0.1, 0.15) is 0 Å². The molecule has 0 saturated carbocycles. The molecular weight excluding hydrogens is 309 g/mol. The van der Waals surface area contributed by atoms with Crippen molar-refractivity contribution in [1.82, 2.24) is 4.90 Å². The van der Waals surface area contributed by atoms with Gasteiger partial charge in [0, 0.05) is 45.5 Å². The monoisotopic (exact) mass is 332 g/mol. The van der Waals surface area contributed by atoms with Gasteiger partial charge in [-0.05, 0) is 24.1 Å². The lowest BCUT2D eigenvalue weighted by atomic mass is 10.0. The number of halogens is 3. The Labute approximate surface area is 134 Å². The van der Waals surface area contributed by atoms with Crippen LogP contribution in [-0.2, 0) is 4.74 Å². The second-order valence-electron chi connectivity index (χ2n) is 5.76. The number of rotatable bonds is 5. The highest BCUT2D eigenvalue weighted by molar-refractivity contribution is 5.57. The minimum Gasteiger partial charge on any atom is -0.383 e. The minimum absolute atomic E-state index is 0.0724.